The van der Waals surface area contributed by atoms with Crippen molar-refractivity contribution in [2.45, 2.75) is 27.2 Å². The molecule has 1 unspecified atom stereocenters. The first kappa shape index (κ1) is 14.6. The molecule has 25 heavy (non-hydrogen) atoms. The van der Waals surface area contributed by atoms with Gasteiger partial charge in [0.05, 0.1) is 16.6 Å². The highest BCUT2D eigenvalue weighted by atomic mass is 15.1. The molecule has 2 heteroatoms. The van der Waals surface area contributed by atoms with E-state index in [9.17, 15) is 0 Å². The number of benzene rings is 2. The summed E-state index contributed by atoms with van der Waals surface area (Å²) < 4.78 is 4.92. The maximum atomic E-state index is 2.48. The number of nitrogens with zero attached hydrogens (tertiary/aromatic N) is 2. The summed E-state index contributed by atoms with van der Waals surface area (Å²) in [6, 6.07) is 15.6. The molecule has 2 nitrogen and oxygen atoms in total. The predicted molar refractivity (Wildman–Crippen MR) is 107 cm³/mol. The fraction of sp³-hybridized carbons (Fsp3) is 0.217. The molecule has 5 rings (SSSR count). The van der Waals surface area contributed by atoms with E-state index in [0.717, 1.165) is 6.42 Å². The number of imidazole rings is 1. The van der Waals surface area contributed by atoms with E-state index < -0.39 is 0 Å². The first-order valence-electron chi connectivity index (χ1n) is 9.03. The van der Waals surface area contributed by atoms with Gasteiger partial charge in [0.15, 0.2) is 0 Å². The number of hydrogen-bond donors (Lipinski definition) is 0. The number of aryl methyl sites for hydroxylation is 2. The van der Waals surface area contributed by atoms with E-state index in [-0.39, 0.29) is 0 Å². The predicted octanol–water partition coefficient (Wildman–Crippen LogP) is 6.10. The van der Waals surface area contributed by atoms with Crippen molar-refractivity contribution in [3.8, 4) is 0 Å². The third-order valence-electron chi connectivity index (χ3n) is 5.47. The van der Waals surface area contributed by atoms with Gasteiger partial charge >= 0.3 is 0 Å². The smallest absolute Gasteiger partial charge is 0.126 e. The Morgan fingerprint density at radius 1 is 0.960 bits per heavy atom. The summed E-state index contributed by atoms with van der Waals surface area (Å²) >= 11 is 0. The molecule has 2 aromatic carbocycles. The molecule has 2 heterocycles. The van der Waals surface area contributed by atoms with Crippen molar-refractivity contribution in [3.05, 3.63) is 71.8 Å². The monoisotopic (exact) mass is 326 g/mol. The van der Waals surface area contributed by atoms with E-state index in [0.29, 0.717) is 5.92 Å². The Kier molecular flexibility index (Phi) is 2.99. The normalized spacial score (nSPS) is 17.7. The lowest BCUT2D eigenvalue weighted by molar-refractivity contribution is 0.729. The number of hydrogen-bond acceptors (Lipinski definition) is 0. The van der Waals surface area contributed by atoms with Crippen LogP contribution in [0, 0.1) is 19.8 Å². The van der Waals surface area contributed by atoms with Crippen LogP contribution in [0.1, 0.15) is 24.5 Å². The van der Waals surface area contributed by atoms with E-state index >= 15 is 0 Å². The summed E-state index contributed by atoms with van der Waals surface area (Å²) in [6.45, 7) is 6.71. The van der Waals surface area contributed by atoms with E-state index in [1.54, 1.807) is 0 Å². The number of aromatic nitrogens is 2. The van der Waals surface area contributed by atoms with Crippen molar-refractivity contribution in [2.24, 2.45) is 5.92 Å². The molecule has 0 amide bonds. The van der Waals surface area contributed by atoms with Crippen molar-refractivity contribution in [1.82, 2.24) is 8.97 Å². The van der Waals surface area contributed by atoms with Crippen molar-refractivity contribution < 1.29 is 0 Å². The molecule has 0 spiro atoms. The third-order valence-corrected chi connectivity index (χ3v) is 5.47. The Hall–Kier alpha value is -2.74. The molecule has 0 radical (unpaired) electrons. The van der Waals surface area contributed by atoms with Crippen molar-refractivity contribution in [3.63, 3.8) is 0 Å². The second-order valence-electron chi connectivity index (χ2n) is 7.35. The zero-order chi connectivity index (χ0) is 17.1. The van der Waals surface area contributed by atoms with Gasteiger partial charge in [0.25, 0.3) is 0 Å². The quantitative estimate of drug-likeness (QED) is 0.400. The van der Waals surface area contributed by atoms with Crippen molar-refractivity contribution in [2.75, 3.05) is 0 Å². The van der Waals surface area contributed by atoms with Crippen LogP contribution in [0.25, 0.3) is 33.3 Å². The fourth-order valence-corrected chi connectivity index (χ4v) is 4.29. The SMILES string of the molecule is Cc1ccc2c(c1)n1c3ccccc3c(C)c1n2C1=CC=CC(C)C1. The summed E-state index contributed by atoms with van der Waals surface area (Å²) in [5.74, 6) is 0.577. The second kappa shape index (κ2) is 5.13. The highest BCUT2D eigenvalue weighted by molar-refractivity contribution is 6.00. The summed E-state index contributed by atoms with van der Waals surface area (Å²) in [5.41, 5.74) is 9.22. The van der Waals surface area contributed by atoms with Crippen molar-refractivity contribution in [1.29, 1.82) is 0 Å². The Balaban J connectivity index is 2.02. The number of allylic oxidation sites excluding steroid dienone is 4. The van der Waals surface area contributed by atoms with Crippen LogP contribution in [0.15, 0.2) is 60.7 Å². The lowest BCUT2D eigenvalue weighted by Crippen LogP contribution is -2.04. The molecule has 0 aliphatic heterocycles. The lowest BCUT2D eigenvalue weighted by atomic mass is 10.00. The Morgan fingerprint density at radius 3 is 2.64 bits per heavy atom. The zero-order valence-corrected chi connectivity index (χ0v) is 15.0. The highest BCUT2D eigenvalue weighted by Gasteiger charge is 2.21. The summed E-state index contributed by atoms with van der Waals surface area (Å²) in [4.78, 5) is 0. The lowest BCUT2D eigenvalue weighted by Gasteiger charge is -2.17. The van der Waals surface area contributed by atoms with Gasteiger partial charge in [-0.3, -0.25) is 8.97 Å². The van der Waals surface area contributed by atoms with Crippen molar-refractivity contribution >= 4 is 33.3 Å². The Morgan fingerprint density at radius 2 is 1.80 bits per heavy atom. The molecule has 0 bridgehead atoms. The maximum absolute atomic E-state index is 2.48. The van der Waals surface area contributed by atoms with E-state index in [4.69, 9.17) is 0 Å². The summed E-state index contributed by atoms with van der Waals surface area (Å²) in [6.07, 6.45) is 7.84. The van der Waals surface area contributed by atoms with Gasteiger partial charge in [-0.15, -0.1) is 0 Å². The minimum Gasteiger partial charge on any atom is -0.298 e. The van der Waals surface area contributed by atoms with Crippen LogP contribution in [0.5, 0.6) is 0 Å². The van der Waals surface area contributed by atoms with Crippen LogP contribution < -0.4 is 0 Å². The van der Waals surface area contributed by atoms with Gasteiger partial charge in [-0.1, -0.05) is 43.3 Å². The zero-order valence-electron chi connectivity index (χ0n) is 15.0. The van der Waals surface area contributed by atoms with Gasteiger partial charge in [0.2, 0.25) is 0 Å². The molecular weight excluding hydrogens is 304 g/mol. The van der Waals surface area contributed by atoms with Gasteiger partial charge in [-0.05, 0) is 56.0 Å². The highest BCUT2D eigenvalue weighted by Crippen LogP contribution is 2.36. The average Bonchev–Trinajstić information content (AvgIpc) is 3.09. The first-order valence-corrected chi connectivity index (χ1v) is 9.03. The van der Waals surface area contributed by atoms with Gasteiger partial charge in [0, 0.05) is 16.6 Å². The third kappa shape index (κ3) is 1.97. The average molecular weight is 326 g/mol. The molecular formula is C23H22N2. The summed E-state index contributed by atoms with van der Waals surface area (Å²) in [5, 5.41) is 1.34. The first-order chi connectivity index (χ1) is 12.1. The number of rotatable bonds is 1. The molecule has 0 saturated carbocycles. The van der Waals surface area contributed by atoms with Crippen LogP contribution in [-0.2, 0) is 0 Å². The fourth-order valence-electron chi connectivity index (χ4n) is 4.29. The minimum atomic E-state index is 0.577. The van der Waals surface area contributed by atoms with E-state index in [2.05, 4.69) is 90.4 Å². The van der Waals surface area contributed by atoms with E-state index in [1.807, 2.05) is 0 Å². The standard InChI is InChI=1S/C23H22N2/c1-15-7-6-8-18(13-15)24-21-12-11-16(2)14-22(21)25-20-10-5-4-9-19(20)17(3)23(24)25/h4-12,14-15H,13H2,1-3H3. The molecule has 0 N–H and O–H groups in total. The van der Waals surface area contributed by atoms with Crippen LogP contribution in [-0.4, -0.2) is 8.97 Å². The molecule has 2 aromatic heterocycles. The van der Waals surface area contributed by atoms with E-state index in [1.165, 1.54) is 44.4 Å². The minimum absolute atomic E-state index is 0.577. The molecule has 0 saturated heterocycles. The van der Waals surface area contributed by atoms with Crippen LogP contribution in [0.3, 0.4) is 0 Å². The molecule has 1 atom stereocenters. The topological polar surface area (TPSA) is 9.34 Å². The number of fused-ring (bicyclic) bond motifs is 5. The van der Waals surface area contributed by atoms with Gasteiger partial charge < -0.3 is 0 Å². The van der Waals surface area contributed by atoms with Gasteiger partial charge in [-0.2, -0.15) is 0 Å². The molecule has 4 aromatic rings. The molecule has 1 aliphatic carbocycles. The molecule has 1 aliphatic rings. The largest absolute Gasteiger partial charge is 0.298 e. The van der Waals surface area contributed by atoms with Gasteiger partial charge in [-0.25, -0.2) is 0 Å². The Bertz CT molecular complexity index is 1200. The van der Waals surface area contributed by atoms with Gasteiger partial charge in [0.1, 0.15) is 5.65 Å². The molecule has 0 fully saturated rings. The number of para-hydroxylation sites is 1. The summed E-state index contributed by atoms with van der Waals surface area (Å²) in [7, 11) is 0. The van der Waals surface area contributed by atoms with Crippen LogP contribution in [0.4, 0.5) is 0 Å². The van der Waals surface area contributed by atoms with Crippen LogP contribution in [0.2, 0.25) is 0 Å². The maximum Gasteiger partial charge on any atom is 0.126 e. The second-order valence-corrected chi connectivity index (χ2v) is 7.35. The Labute approximate surface area is 147 Å². The van der Waals surface area contributed by atoms with Crippen LogP contribution >= 0.6 is 0 Å². The molecule has 124 valence electrons.